The van der Waals surface area contributed by atoms with Crippen molar-refractivity contribution in [2.45, 2.75) is 26.7 Å². The molecule has 39 heavy (non-hydrogen) atoms. The topological polar surface area (TPSA) is 89.7 Å². The molecule has 1 saturated heterocycles. The van der Waals surface area contributed by atoms with E-state index in [1.807, 2.05) is 61.7 Å². The number of para-hydroxylation sites is 1. The molecular formula is C31H29ClN6O. The van der Waals surface area contributed by atoms with Gasteiger partial charge in [0.1, 0.15) is 11.6 Å². The number of hydrogen-bond donors (Lipinski definition) is 2. The molecule has 8 heteroatoms. The monoisotopic (exact) mass is 536 g/mol. The van der Waals surface area contributed by atoms with Crippen molar-refractivity contribution in [3.63, 3.8) is 0 Å². The summed E-state index contributed by atoms with van der Waals surface area (Å²) in [5, 5.41) is 23.3. The Morgan fingerprint density at radius 2 is 1.85 bits per heavy atom. The van der Waals surface area contributed by atoms with Gasteiger partial charge >= 0.3 is 0 Å². The van der Waals surface area contributed by atoms with Gasteiger partial charge in [-0.25, -0.2) is 0 Å². The third-order valence-corrected chi connectivity index (χ3v) is 7.99. The Morgan fingerprint density at radius 3 is 2.59 bits per heavy atom. The number of H-pyrrole nitrogens is 1. The van der Waals surface area contributed by atoms with Crippen molar-refractivity contribution in [1.82, 2.24) is 20.1 Å². The molecular weight excluding hydrogens is 508 g/mol. The lowest BCUT2D eigenvalue weighted by atomic mass is 9.94. The summed E-state index contributed by atoms with van der Waals surface area (Å²) in [6.07, 6.45) is 1.81. The van der Waals surface area contributed by atoms with Crippen LogP contribution in [0.4, 0.5) is 5.69 Å². The molecule has 7 nitrogen and oxygen atoms in total. The van der Waals surface area contributed by atoms with Crippen LogP contribution >= 0.6 is 11.6 Å². The summed E-state index contributed by atoms with van der Waals surface area (Å²) in [4.78, 5) is 16.4. The lowest BCUT2D eigenvalue weighted by molar-refractivity contribution is 0.589. The number of hydrogen-bond acceptors (Lipinski definition) is 5. The number of rotatable bonds is 4. The summed E-state index contributed by atoms with van der Waals surface area (Å²) in [6, 6.07) is 18.2. The van der Waals surface area contributed by atoms with Gasteiger partial charge in [0.05, 0.1) is 28.6 Å². The van der Waals surface area contributed by atoms with Crippen LogP contribution in [0.15, 0.2) is 59.5 Å². The predicted molar refractivity (Wildman–Crippen MR) is 158 cm³/mol. The molecule has 0 atom stereocenters. The number of aromatic amines is 1. The van der Waals surface area contributed by atoms with Crippen LogP contribution in [-0.2, 0) is 0 Å². The van der Waals surface area contributed by atoms with Gasteiger partial charge in [0.25, 0.3) is 5.56 Å². The number of aromatic nitrogens is 3. The van der Waals surface area contributed by atoms with Gasteiger partial charge in [-0.2, -0.15) is 10.4 Å². The van der Waals surface area contributed by atoms with Crippen molar-refractivity contribution in [2.24, 2.45) is 0 Å². The SMILES string of the molecule is Cc1ccc2[nH]ncc2c1-c1cc2c(cc1Cl)c(N1CCNCC1)c(C#N)c(=O)n2-c1ccccc1C(C)C. The summed E-state index contributed by atoms with van der Waals surface area (Å²) in [6.45, 7) is 9.22. The molecule has 1 aliphatic rings. The van der Waals surface area contributed by atoms with Crippen LogP contribution in [0.2, 0.25) is 5.02 Å². The van der Waals surface area contributed by atoms with Crippen molar-refractivity contribution in [3.8, 4) is 22.9 Å². The number of pyridine rings is 1. The summed E-state index contributed by atoms with van der Waals surface area (Å²) >= 11 is 7.07. The van der Waals surface area contributed by atoms with Crippen LogP contribution in [-0.4, -0.2) is 40.9 Å². The molecule has 0 spiro atoms. The fourth-order valence-electron chi connectivity index (χ4n) is 5.81. The summed E-state index contributed by atoms with van der Waals surface area (Å²) in [5.74, 6) is 0.176. The van der Waals surface area contributed by atoms with E-state index in [0.717, 1.165) is 62.8 Å². The van der Waals surface area contributed by atoms with Gasteiger partial charge in [0.15, 0.2) is 0 Å². The summed E-state index contributed by atoms with van der Waals surface area (Å²) < 4.78 is 1.71. The molecule has 0 amide bonds. The molecule has 0 saturated carbocycles. The van der Waals surface area contributed by atoms with Gasteiger partial charge in [0.2, 0.25) is 0 Å². The van der Waals surface area contributed by atoms with E-state index >= 15 is 0 Å². The fourth-order valence-corrected chi connectivity index (χ4v) is 6.06. The number of nitriles is 1. The van der Waals surface area contributed by atoms with E-state index in [2.05, 4.69) is 40.3 Å². The van der Waals surface area contributed by atoms with E-state index in [1.54, 1.807) is 4.57 Å². The number of piperazine rings is 1. The number of halogens is 1. The second-order valence-electron chi connectivity index (χ2n) is 10.4. The van der Waals surface area contributed by atoms with E-state index in [-0.39, 0.29) is 17.0 Å². The Bertz CT molecular complexity index is 1840. The molecule has 6 rings (SSSR count). The maximum absolute atomic E-state index is 14.3. The number of benzene rings is 3. The summed E-state index contributed by atoms with van der Waals surface area (Å²) in [7, 11) is 0. The van der Waals surface area contributed by atoms with Crippen LogP contribution in [0.1, 0.15) is 36.5 Å². The first-order chi connectivity index (χ1) is 18.9. The van der Waals surface area contributed by atoms with Gasteiger partial charge in [0, 0.05) is 47.5 Å². The van der Waals surface area contributed by atoms with Crippen LogP contribution < -0.4 is 15.8 Å². The zero-order chi connectivity index (χ0) is 27.3. The molecule has 196 valence electrons. The highest BCUT2D eigenvalue weighted by Gasteiger charge is 2.26. The summed E-state index contributed by atoms with van der Waals surface area (Å²) in [5.41, 5.74) is 6.76. The van der Waals surface area contributed by atoms with E-state index in [9.17, 15) is 10.1 Å². The number of fused-ring (bicyclic) bond motifs is 2. The van der Waals surface area contributed by atoms with Crippen molar-refractivity contribution in [2.75, 3.05) is 31.1 Å². The number of nitrogens with one attached hydrogen (secondary N) is 2. The first-order valence-corrected chi connectivity index (χ1v) is 13.6. The quantitative estimate of drug-likeness (QED) is 0.298. The molecule has 3 aromatic carbocycles. The highest BCUT2D eigenvalue weighted by molar-refractivity contribution is 6.35. The average Bonchev–Trinajstić information content (AvgIpc) is 3.42. The first kappa shape index (κ1) is 25.2. The van der Waals surface area contributed by atoms with Crippen molar-refractivity contribution in [3.05, 3.63) is 86.8 Å². The smallest absolute Gasteiger partial charge is 0.275 e. The molecule has 1 fully saturated rings. The van der Waals surface area contributed by atoms with Crippen LogP contribution in [0, 0.1) is 18.3 Å². The lowest BCUT2D eigenvalue weighted by Gasteiger charge is -2.32. The van der Waals surface area contributed by atoms with Crippen molar-refractivity contribution >= 4 is 39.1 Å². The standard InChI is InChI=1S/C31H29ClN6O/c1-18(2)20-6-4-5-7-27(20)38-28-15-21(29-19(3)8-9-26-24(29)17-35-36-26)25(32)14-22(28)30(23(16-33)31(38)39)37-12-10-34-11-13-37/h4-9,14-15,17-18,34H,10-13H2,1-3H3,(H,35,36). The zero-order valence-corrected chi connectivity index (χ0v) is 22.9. The molecule has 2 N–H and O–H groups in total. The van der Waals surface area contributed by atoms with E-state index in [0.29, 0.717) is 23.8 Å². The Hall–Kier alpha value is -4.12. The third kappa shape index (κ3) is 4.08. The van der Waals surface area contributed by atoms with Crippen molar-refractivity contribution in [1.29, 1.82) is 5.26 Å². The van der Waals surface area contributed by atoms with Crippen LogP contribution in [0.25, 0.3) is 38.6 Å². The van der Waals surface area contributed by atoms with E-state index in [4.69, 9.17) is 11.6 Å². The van der Waals surface area contributed by atoms with Gasteiger partial charge in [-0.05, 0) is 53.8 Å². The molecule has 0 unspecified atom stereocenters. The Balaban J connectivity index is 1.78. The minimum absolute atomic E-state index is 0.139. The average molecular weight is 537 g/mol. The first-order valence-electron chi connectivity index (χ1n) is 13.2. The minimum Gasteiger partial charge on any atom is -0.367 e. The van der Waals surface area contributed by atoms with Gasteiger partial charge in [-0.1, -0.05) is 49.7 Å². The molecule has 0 bridgehead atoms. The maximum atomic E-state index is 14.3. The second-order valence-corrected chi connectivity index (χ2v) is 10.8. The van der Waals surface area contributed by atoms with Gasteiger partial charge in [-0.15, -0.1) is 0 Å². The fraction of sp³-hybridized carbons (Fsp3) is 0.258. The molecule has 3 heterocycles. The molecule has 0 radical (unpaired) electrons. The lowest BCUT2D eigenvalue weighted by Crippen LogP contribution is -2.44. The molecule has 2 aromatic heterocycles. The Morgan fingerprint density at radius 1 is 1.08 bits per heavy atom. The number of nitrogens with zero attached hydrogens (tertiary/aromatic N) is 4. The number of anilines is 1. The molecule has 1 aliphatic heterocycles. The molecule has 0 aliphatic carbocycles. The second kappa shape index (κ2) is 9.88. The van der Waals surface area contributed by atoms with Crippen LogP contribution in [0.5, 0.6) is 0 Å². The van der Waals surface area contributed by atoms with E-state index in [1.165, 1.54) is 0 Å². The molecule has 5 aromatic rings. The maximum Gasteiger partial charge on any atom is 0.275 e. The Kier molecular flexibility index (Phi) is 6.38. The minimum atomic E-state index is -0.321. The highest BCUT2D eigenvalue weighted by Crippen LogP contribution is 2.41. The highest BCUT2D eigenvalue weighted by atomic mass is 35.5. The van der Waals surface area contributed by atoms with Gasteiger partial charge < -0.3 is 10.2 Å². The van der Waals surface area contributed by atoms with Crippen LogP contribution in [0.3, 0.4) is 0 Å². The largest absolute Gasteiger partial charge is 0.367 e. The van der Waals surface area contributed by atoms with Crippen molar-refractivity contribution < 1.29 is 0 Å². The Labute approximate surface area is 231 Å². The third-order valence-electron chi connectivity index (χ3n) is 7.68. The predicted octanol–water partition coefficient (Wildman–Crippen LogP) is 5.90. The normalized spacial score (nSPS) is 13.9. The number of aryl methyl sites for hydroxylation is 1. The zero-order valence-electron chi connectivity index (χ0n) is 22.2. The van der Waals surface area contributed by atoms with Gasteiger partial charge in [-0.3, -0.25) is 14.5 Å². The van der Waals surface area contributed by atoms with E-state index < -0.39 is 0 Å².